The van der Waals surface area contributed by atoms with E-state index in [1.54, 1.807) is 0 Å². The van der Waals surface area contributed by atoms with Gasteiger partial charge in [0.2, 0.25) is 0 Å². The molecule has 0 saturated carbocycles. The van der Waals surface area contributed by atoms with Crippen LogP contribution in [0.4, 0.5) is 5.82 Å². The van der Waals surface area contributed by atoms with Crippen molar-refractivity contribution < 1.29 is 0 Å². The molecule has 2 rings (SSSR count). The molecule has 94 valence electrons. The Morgan fingerprint density at radius 3 is 2.88 bits per heavy atom. The fourth-order valence-corrected chi connectivity index (χ4v) is 4.83. The molecule has 3 nitrogen and oxygen atoms in total. The van der Waals surface area contributed by atoms with E-state index in [1.165, 1.54) is 11.5 Å². The first-order chi connectivity index (χ1) is 8.22. The van der Waals surface area contributed by atoms with Gasteiger partial charge in [0, 0.05) is 17.3 Å². The summed E-state index contributed by atoms with van der Waals surface area (Å²) >= 11 is 6.19. The Labute approximate surface area is 124 Å². The standard InChI is InChI=1S/C11H16IN3S2/c1-2-3-7-9(12)10(13)15-11(14-7)8-6-16-4-5-17-8/h8H,2-6H2,1H3,(H2,13,14,15). The lowest BCUT2D eigenvalue weighted by Gasteiger charge is -2.20. The van der Waals surface area contributed by atoms with Crippen molar-refractivity contribution in [3.8, 4) is 0 Å². The van der Waals surface area contributed by atoms with Gasteiger partial charge in [0.05, 0.1) is 14.5 Å². The second-order valence-electron chi connectivity index (χ2n) is 3.91. The van der Waals surface area contributed by atoms with Crippen molar-refractivity contribution in [2.75, 3.05) is 23.0 Å². The quantitative estimate of drug-likeness (QED) is 0.816. The molecule has 17 heavy (non-hydrogen) atoms. The van der Waals surface area contributed by atoms with Crippen molar-refractivity contribution in [1.82, 2.24) is 9.97 Å². The molecule has 0 aromatic carbocycles. The number of rotatable bonds is 3. The van der Waals surface area contributed by atoms with Gasteiger partial charge in [-0.3, -0.25) is 0 Å². The Morgan fingerprint density at radius 1 is 1.41 bits per heavy atom. The number of nitrogens with zero attached hydrogens (tertiary/aromatic N) is 2. The van der Waals surface area contributed by atoms with Crippen LogP contribution in [0.2, 0.25) is 0 Å². The number of thioether (sulfide) groups is 2. The second kappa shape index (κ2) is 6.47. The van der Waals surface area contributed by atoms with E-state index in [1.807, 2.05) is 23.5 Å². The summed E-state index contributed by atoms with van der Waals surface area (Å²) in [4.78, 5) is 9.18. The summed E-state index contributed by atoms with van der Waals surface area (Å²) in [6.45, 7) is 2.17. The average molecular weight is 381 g/mol. The number of anilines is 1. The molecule has 0 radical (unpaired) electrons. The predicted molar refractivity (Wildman–Crippen MR) is 85.7 cm³/mol. The number of aryl methyl sites for hydroxylation is 1. The molecule has 2 N–H and O–H groups in total. The summed E-state index contributed by atoms with van der Waals surface area (Å²) in [7, 11) is 0. The predicted octanol–water partition coefficient (Wildman–Crippen LogP) is 3.14. The maximum absolute atomic E-state index is 5.98. The summed E-state index contributed by atoms with van der Waals surface area (Å²) < 4.78 is 1.03. The first-order valence-electron chi connectivity index (χ1n) is 5.73. The lowest BCUT2D eigenvalue weighted by molar-refractivity contribution is 0.824. The van der Waals surface area contributed by atoms with Crippen LogP contribution in [-0.2, 0) is 6.42 Å². The lowest BCUT2D eigenvalue weighted by atomic mass is 10.2. The number of aromatic nitrogens is 2. The summed E-state index contributed by atoms with van der Waals surface area (Å²) in [6, 6.07) is 0. The Morgan fingerprint density at radius 2 is 2.24 bits per heavy atom. The van der Waals surface area contributed by atoms with Gasteiger partial charge in [0.1, 0.15) is 11.6 Å². The minimum atomic E-state index is 0.420. The minimum absolute atomic E-state index is 0.420. The maximum Gasteiger partial charge on any atom is 0.144 e. The zero-order chi connectivity index (χ0) is 12.3. The van der Waals surface area contributed by atoms with Gasteiger partial charge in [-0.1, -0.05) is 13.3 Å². The first kappa shape index (κ1) is 13.7. The van der Waals surface area contributed by atoms with E-state index in [0.717, 1.165) is 33.7 Å². The van der Waals surface area contributed by atoms with E-state index >= 15 is 0 Å². The van der Waals surface area contributed by atoms with E-state index in [2.05, 4.69) is 34.5 Å². The Bertz CT molecular complexity index is 395. The molecule has 0 spiro atoms. The molecule has 0 bridgehead atoms. The Balaban J connectivity index is 2.27. The van der Waals surface area contributed by atoms with Crippen LogP contribution in [0.1, 0.15) is 30.1 Å². The van der Waals surface area contributed by atoms with Crippen LogP contribution in [-0.4, -0.2) is 27.2 Å². The number of halogens is 1. The smallest absolute Gasteiger partial charge is 0.144 e. The summed E-state index contributed by atoms with van der Waals surface area (Å²) in [6.07, 6.45) is 2.08. The van der Waals surface area contributed by atoms with Gasteiger partial charge >= 0.3 is 0 Å². The largest absolute Gasteiger partial charge is 0.383 e. The maximum atomic E-state index is 5.98. The second-order valence-corrected chi connectivity index (χ2v) is 7.45. The third-order valence-corrected chi connectivity index (χ3v) is 6.48. The molecule has 0 aliphatic carbocycles. The molecule has 1 unspecified atom stereocenters. The monoisotopic (exact) mass is 381 g/mol. The highest BCUT2D eigenvalue weighted by Crippen LogP contribution is 2.36. The van der Waals surface area contributed by atoms with Crippen molar-refractivity contribution in [2.24, 2.45) is 0 Å². The number of nitrogen functional groups attached to an aromatic ring is 1. The zero-order valence-corrected chi connectivity index (χ0v) is 13.6. The minimum Gasteiger partial charge on any atom is -0.383 e. The van der Waals surface area contributed by atoms with Gasteiger partial charge in [-0.15, -0.1) is 11.8 Å². The van der Waals surface area contributed by atoms with Crippen molar-refractivity contribution in [2.45, 2.75) is 25.0 Å². The molecule has 2 heterocycles. The van der Waals surface area contributed by atoms with Gasteiger partial charge in [-0.25, -0.2) is 9.97 Å². The fraction of sp³-hybridized carbons (Fsp3) is 0.636. The SMILES string of the molecule is CCCc1nc(C2CSCCS2)nc(N)c1I. The normalized spacial score (nSPS) is 20.5. The number of hydrogen-bond donors (Lipinski definition) is 1. The van der Waals surface area contributed by atoms with Gasteiger partial charge in [-0.05, 0) is 29.0 Å². The third kappa shape index (κ3) is 3.41. The Hall–Kier alpha value is 0.310. The molecule has 1 saturated heterocycles. The zero-order valence-electron chi connectivity index (χ0n) is 9.78. The van der Waals surface area contributed by atoms with Crippen LogP contribution in [0.15, 0.2) is 0 Å². The van der Waals surface area contributed by atoms with Crippen molar-refractivity contribution in [3.05, 3.63) is 15.1 Å². The Kier molecular flexibility index (Phi) is 5.23. The van der Waals surface area contributed by atoms with Crippen molar-refractivity contribution >= 4 is 51.9 Å². The molecule has 1 aromatic heterocycles. The molecule has 1 aliphatic heterocycles. The van der Waals surface area contributed by atoms with E-state index < -0.39 is 0 Å². The molecular weight excluding hydrogens is 365 g/mol. The van der Waals surface area contributed by atoms with Crippen LogP contribution in [0.5, 0.6) is 0 Å². The van der Waals surface area contributed by atoms with Crippen LogP contribution < -0.4 is 5.73 Å². The molecule has 1 fully saturated rings. The highest BCUT2D eigenvalue weighted by atomic mass is 127. The third-order valence-electron chi connectivity index (χ3n) is 2.55. The topological polar surface area (TPSA) is 51.8 Å². The van der Waals surface area contributed by atoms with E-state index in [9.17, 15) is 0 Å². The highest BCUT2D eigenvalue weighted by molar-refractivity contribution is 14.1. The van der Waals surface area contributed by atoms with Gasteiger partial charge in [0.25, 0.3) is 0 Å². The van der Waals surface area contributed by atoms with Gasteiger partial charge in [0.15, 0.2) is 0 Å². The number of nitrogens with two attached hydrogens (primary N) is 1. The van der Waals surface area contributed by atoms with Crippen molar-refractivity contribution in [1.29, 1.82) is 0 Å². The van der Waals surface area contributed by atoms with Gasteiger partial charge < -0.3 is 5.73 Å². The van der Waals surface area contributed by atoms with E-state index in [-0.39, 0.29) is 0 Å². The van der Waals surface area contributed by atoms with Crippen LogP contribution in [0.3, 0.4) is 0 Å². The van der Waals surface area contributed by atoms with Crippen LogP contribution in [0.25, 0.3) is 0 Å². The number of hydrogen-bond acceptors (Lipinski definition) is 5. The van der Waals surface area contributed by atoms with E-state index in [4.69, 9.17) is 10.7 Å². The molecule has 1 aliphatic rings. The first-order valence-corrected chi connectivity index (χ1v) is 9.01. The molecule has 0 amide bonds. The molecular formula is C11H16IN3S2. The van der Waals surface area contributed by atoms with Gasteiger partial charge in [-0.2, -0.15) is 11.8 Å². The summed E-state index contributed by atoms with van der Waals surface area (Å²) in [5.41, 5.74) is 7.10. The average Bonchev–Trinajstić information content (AvgIpc) is 2.36. The lowest BCUT2D eigenvalue weighted by Crippen LogP contribution is -2.14. The van der Waals surface area contributed by atoms with Crippen LogP contribution >= 0.6 is 46.1 Å². The van der Waals surface area contributed by atoms with Crippen LogP contribution in [0, 0.1) is 3.57 Å². The molecule has 1 aromatic rings. The van der Waals surface area contributed by atoms with E-state index in [0.29, 0.717) is 11.1 Å². The molecule has 6 heteroatoms. The summed E-state index contributed by atoms with van der Waals surface area (Å²) in [5.74, 6) is 5.12. The summed E-state index contributed by atoms with van der Waals surface area (Å²) in [5, 5.41) is 0.420. The van der Waals surface area contributed by atoms with Crippen molar-refractivity contribution in [3.63, 3.8) is 0 Å². The fourth-order valence-electron chi connectivity index (χ4n) is 1.72. The molecule has 1 atom stereocenters. The highest BCUT2D eigenvalue weighted by Gasteiger charge is 2.21.